The van der Waals surface area contributed by atoms with Gasteiger partial charge < -0.3 is 10.1 Å². The highest BCUT2D eigenvalue weighted by Gasteiger charge is 2.08. The number of benzene rings is 2. The molecule has 2 aromatic carbocycles. The van der Waals surface area contributed by atoms with E-state index in [0.717, 1.165) is 11.4 Å². The van der Waals surface area contributed by atoms with E-state index in [1.807, 2.05) is 26.0 Å². The Morgan fingerprint density at radius 1 is 1.00 bits per heavy atom. The Bertz CT molecular complexity index is 1250. The number of ether oxygens (including phenoxy) is 1. The van der Waals surface area contributed by atoms with Crippen molar-refractivity contribution < 1.29 is 9.53 Å². The van der Waals surface area contributed by atoms with Crippen LogP contribution in [-0.2, 0) is 0 Å². The molecule has 0 atom stereocenters. The first-order chi connectivity index (χ1) is 15.0. The van der Waals surface area contributed by atoms with Crippen molar-refractivity contribution in [1.29, 1.82) is 5.26 Å². The summed E-state index contributed by atoms with van der Waals surface area (Å²) in [6.45, 7) is 3.87. The Morgan fingerprint density at radius 3 is 2.32 bits per heavy atom. The molecule has 4 rings (SSSR count). The fourth-order valence-corrected chi connectivity index (χ4v) is 2.97. The lowest BCUT2D eigenvalue weighted by Gasteiger charge is -2.08. The average molecular weight is 410 g/mol. The van der Waals surface area contributed by atoms with Crippen LogP contribution in [0.2, 0.25) is 0 Å². The van der Waals surface area contributed by atoms with E-state index in [-0.39, 0.29) is 5.91 Å². The Hall–Kier alpha value is -4.51. The molecule has 0 aliphatic heterocycles. The van der Waals surface area contributed by atoms with Crippen LogP contribution in [0.3, 0.4) is 0 Å². The highest BCUT2D eigenvalue weighted by molar-refractivity contribution is 6.04. The summed E-state index contributed by atoms with van der Waals surface area (Å²) in [6, 6.07) is 20.8. The molecule has 2 aromatic heterocycles. The lowest BCUT2D eigenvalue weighted by atomic mass is 10.1. The van der Waals surface area contributed by atoms with Crippen LogP contribution in [0.1, 0.15) is 27.3 Å². The molecule has 0 bridgehead atoms. The summed E-state index contributed by atoms with van der Waals surface area (Å²) in [5.74, 6) is 1.26. The van der Waals surface area contributed by atoms with Gasteiger partial charge in [-0.05, 0) is 74.5 Å². The van der Waals surface area contributed by atoms with E-state index in [1.165, 1.54) is 0 Å². The first-order valence-electron chi connectivity index (χ1n) is 9.48. The SMILES string of the molecule is Cc1cc(C)n(-c2ccc(Oc3ccc(NC(=O)c4ccc(C#N)cc4)cc3)nn2)n1. The van der Waals surface area contributed by atoms with E-state index in [4.69, 9.17) is 10.00 Å². The maximum atomic E-state index is 12.3. The molecule has 0 unspecified atom stereocenters. The quantitative estimate of drug-likeness (QED) is 0.529. The third-order valence-corrected chi connectivity index (χ3v) is 4.46. The Labute approximate surface area is 178 Å². The third-order valence-electron chi connectivity index (χ3n) is 4.46. The van der Waals surface area contributed by atoms with Gasteiger partial charge in [-0.2, -0.15) is 10.4 Å². The number of nitrogens with one attached hydrogen (secondary N) is 1. The summed E-state index contributed by atoms with van der Waals surface area (Å²) in [6.07, 6.45) is 0. The maximum Gasteiger partial charge on any atom is 0.255 e. The molecule has 4 aromatic rings. The summed E-state index contributed by atoms with van der Waals surface area (Å²) in [4.78, 5) is 12.3. The van der Waals surface area contributed by atoms with Crippen LogP contribution in [-0.4, -0.2) is 25.9 Å². The lowest BCUT2D eigenvalue weighted by molar-refractivity contribution is 0.102. The number of aromatic nitrogens is 4. The maximum absolute atomic E-state index is 12.3. The normalized spacial score (nSPS) is 10.4. The lowest BCUT2D eigenvalue weighted by Crippen LogP contribution is -2.11. The van der Waals surface area contributed by atoms with Crippen LogP contribution in [0.4, 0.5) is 5.69 Å². The largest absolute Gasteiger partial charge is 0.438 e. The van der Waals surface area contributed by atoms with E-state index >= 15 is 0 Å². The summed E-state index contributed by atoms with van der Waals surface area (Å²) >= 11 is 0. The van der Waals surface area contributed by atoms with Gasteiger partial charge in [0.2, 0.25) is 5.88 Å². The van der Waals surface area contributed by atoms with Crippen LogP contribution >= 0.6 is 0 Å². The minimum absolute atomic E-state index is 0.260. The molecule has 0 saturated heterocycles. The van der Waals surface area contributed by atoms with Crippen molar-refractivity contribution in [3.8, 4) is 23.5 Å². The zero-order chi connectivity index (χ0) is 21.8. The molecule has 0 fully saturated rings. The van der Waals surface area contributed by atoms with Crippen LogP contribution in [0, 0.1) is 25.2 Å². The second kappa shape index (κ2) is 8.47. The van der Waals surface area contributed by atoms with Gasteiger partial charge in [-0.1, -0.05) is 0 Å². The molecule has 0 aliphatic rings. The molecule has 2 heterocycles. The Morgan fingerprint density at radius 2 is 1.74 bits per heavy atom. The van der Waals surface area contributed by atoms with E-state index in [0.29, 0.717) is 34.3 Å². The summed E-state index contributed by atoms with van der Waals surface area (Å²) in [5, 5.41) is 24.3. The van der Waals surface area contributed by atoms with Gasteiger partial charge in [0.25, 0.3) is 5.91 Å². The molecule has 0 saturated carbocycles. The zero-order valence-corrected chi connectivity index (χ0v) is 16.9. The van der Waals surface area contributed by atoms with Crippen molar-refractivity contribution in [2.45, 2.75) is 13.8 Å². The van der Waals surface area contributed by atoms with Gasteiger partial charge >= 0.3 is 0 Å². The second-order valence-electron chi connectivity index (χ2n) is 6.84. The second-order valence-corrected chi connectivity index (χ2v) is 6.84. The summed E-state index contributed by atoms with van der Waals surface area (Å²) < 4.78 is 7.45. The van der Waals surface area contributed by atoms with E-state index in [1.54, 1.807) is 65.3 Å². The summed E-state index contributed by atoms with van der Waals surface area (Å²) in [7, 11) is 0. The van der Waals surface area contributed by atoms with Gasteiger partial charge in [-0.15, -0.1) is 10.2 Å². The smallest absolute Gasteiger partial charge is 0.255 e. The molecule has 1 amide bonds. The number of nitrogens with zero attached hydrogens (tertiary/aromatic N) is 5. The molecule has 8 heteroatoms. The molecular formula is C23H18N6O2. The highest BCUT2D eigenvalue weighted by atomic mass is 16.5. The fourth-order valence-electron chi connectivity index (χ4n) is 2.97. The number of hydrogen-bond acceptors (Lipinski definition) is 6. The highest BCUT2D eigenvalue weighted by Crippen LogP contribution is 2.22. The first kappa shape index (κ1) is 19.8. The van der Waals surface area contributed by atoms with Gasteiger partial charge in [-0.3, -0.25) is 4.79 Å². The first-order valence-corrected chi connectivity index (χ1v) is 9.48. The van der Waals surface area contributed by atoms with Crippen molar-refractivity contribution >= 4 is 11.6 Å². The number of hydrogen-bond donors (Lipinski definition) is 1. The predicted molar refractivity (Wildman–Crippen MR) is 114 cm³/mol. The molecule has 152 valence electrons. The minimum atomic E-state index is -0.260. The Kier molecular flexibility index (Phi) is 5.41. The molecule has 0 spiro atoms. The number of rotatable bonds is 5. The van der Waals surface area contributed by atoms with E-state index in [9.17, 15) is 4.79 Å². The molecule has 31 heavy (non-hydrogen) atoms. The van der Waals surface area contributed by atoms with Crippen LogP contribution in [0.25, 0.3) is 5.82 Å². The molecule has 8 nitrogen and oxygen atoms in total. The van der Waals surface area contributed by atoms with Crippen LogP contribution < -0.4 is 10.1 Å². The Balaban J connectivity index is 1.39. The van der Waals surface area contributed by atoms with E-state index in [2.05, 4.69) is 20.6 Å². The molecule has 0 radical (unpaired) electrons. The molecule has 0 aliphatic carbocycles. The third kappa shape index (κ3) is 4.57. The number of carbonyl (C=O) groups is 1. The van der Waals surface area contributed by atoms with Crippen LogP contribution in [0.15, 0.2) is 66.7 Å². The predicted octanol–water partition coefficient (Wildman–Crippen LogP) is 4.20. The molecular weight excluding hydrogens is 392 g/mol. The van der Waals surface area contributed by atoms with Gasteiger partial charge in [0, 0.05) is 23.0 Å². The standard InChI is InChI=1S/C23H18N6O2/c1-15-13-16(2)29(28-15)21-11-12-22(27-26-21)31-20-9-7-19(8-10-20)25-23(30)18-5-3-17(14-24)4-6-18/h3-13H,1-2H3,(H,25,30). The van der Waals surface area contributed by atoms with Gasteiger partial charge in [0.1, 0.15) is 5.75 Å². The van der Waals surface area contributed by atoms with Crippen molar-refractivity contribution in [1.82, 2.24) is 20.0 Å². The molecule has 1 N–H and O–H groups in total. The number of amides is 1. The zero-order valence-electron chi connectivity index (χ0n) is 16.9. The fraction of sp³-hybridized carbons (Fsp3) is 0.0870. The monoisotopic (exact) mass is 410 g/mol. The van der Waals surface area contributed by atoms with Crippen molar-refractivity contribution in [2.24, 2.45) is 0 Å². The number of carbonyl (C=O) groups excluding carboxylic acids is 1. The number of aryl methyl sites for hydroxylation is 2. The van der Waals surface area contributed by atoms with Crippen molar-refractivity contribution in [3.05, 3.63) is 89.2 Å². The van der Waals surface area contributed by atoms with Gasteiger partial charge in [0.05, 0.1) is 17.3 Å². The topological polar surface area (TPSA) is 106 Å². The van der Waals surface area contributed by atoms with Crippen molar-refractivity contribution in [3.63, 3.8) is 0 Å². The van der Waals surface area contributed by atoms with Crippen LogP contribution in [0.5, 0.6) is 11.6 Å². The number of anilines is 1. The average Bonchev–Trinajstić information content (AvgIpc) is 3.13. The van der Waals surface area contributed by atoms with E-state index < -0.39 is 0 Å². The van der Waals surface area contributed by atoms with Gasteiger partial charge in [-0.25, -0.2) is 4.68 Å². The number of nitriles is 1. The van der Waals surface area contributed by atoms with Crippen molar-refractivity contribution in [2.75, 3.05) is 5.32 Å². The van der Waals surface area contributed by atoms with Gasteiger partial charge in [0.15, 0.2) is 5.82 Å². The minimum Gasteiger partial charge on any atom is -0.438 e. The summed E-state index contributed by atoms with van der Waals surface area (Å²) in [5.41, 5.74) is 3.47.